The predicted molar refractivity (Wildman–Crippen MR) is 102 cm³/mol. The summed E-state index contributed by atoms with van der Waals surface area (Å²) in [7, 11) is 0. The summed E-state index contributed by atoms with van der Waals surface area (Å²) in [6.45, 7) is 6.11. The van der Waals surface area contributed by atoms with Gasteiger partial charge in [0.05, 0.1) is 13.1 Å². The first-order valence-corrected chi connectivity index (χ1v) is 7.70. The Hall–Kier alpha value is -1.35. The molecule has 0 saturated heterocycles. The van der Waals surface area contributed by atoms with Crippen molar-refractivity contribution in [1.29, 1.82) is 0 Å². The first-order chi connectivity index (χ1) is 10.2. The molecule has 1 aromatic heterocycles. The largest absolute Gasteiger partial charge is 0.508 e. The van der Waals surface area contributed by atoms with Crippen molar-refractivity contribution in [2.75, 3.05) is 6.54 Å². The van der Waals surface area contributed by atoms with Crippen LogP contribution >= 0.6 is 35.3 Å². The van der Waals surface area contributed by atoms with E-state index >= 15 is 0 Å². The molecular formula is C15H21IN4OS. The summed E-state index contributed by atoms with van der Waals surface area (Å²) in [4.78, 5) is 10.1. The normalized spacial score (nSPS) is 10.9. The van der Waals surface area contributed by atoms with Crippen molar-refractivity contribution in [3.63, 3.8) is 0 Å². The van der Waals surface area contributed by atoms with E-state index in [9.17, 15) is 5.11 Å². The predicted octanol–water partition coefficient (Wildman–Crippen LogP) is 3.03. The van der Waals surface area contributed by atoms with E-state index < -0.39 is 0 Å². The average Bonchev–Trinajstić information content (AvgIpc) is 2.89. The Bertz CT molecular complexity index is 598. The average molecular weight is 432 g/mol. The number of aromatic hydroxyl groups is 1. The lowest BCUT2D eigenvalue weighted by atomic mass is 10.2. The summed E-state index contributed by atoms with van der Waals surface area (Å²) < 4.78 is 0. The number of rotatable bonds is 5. The van der Waals surface area contributed by atoms with Gasteiger partial charge in [-0.05, 0) is 31.5 Å². The number of aryl methyl sites for hydroxylation is 1. The number of halogens is 1. The number of hydrogen-bond acceptors (Lipinski definition) is 4. The Morgan fingerprint density at radius 3 is 2.59 bits per heavy atom. The number of hydrogen-bond donors (Lipinski definition) is 3. The van der Waals surface area contributed by atoms with Gasteiger partial charge < -0.3 is 15.7 Å². The molecule has 0 amide bonds. The molecule has 2 rings (SSSR count). The molecule has 0 aliphatic carbocycles. The molecule has 0 fully saturated rings. The fourth-order valence-electron chi connectivity index (χ4n) is 1.76. The number of benzene rings is 1. The number of aliphatic imine (C=N–C) groups is 1. The molecule has 0 aliphatic rings. The zero-order chi connectivity index (χ0) is 15.1. The van der Waals surface area contributed by atoms with Crippen molar-refractivity contribution in [2.24, 2.45) is 4.99 Å². The molecule has 120 valence electrons. The summed E-state index contributed by atoms with van der Waals surface area (Å²) in [6.07, 6.45) is 1.88. The molecule has 3 N–H and O–H groups in total. The fraction of sp³-hybridized carbons (Fsp3) is 0.333. The van der Waals surface area contributed by atoms with Crippen LogP contribution in [0.4, 0.5) is 0 Å². The van der Waals surface area contributed by atoms with Crippen LogP contribution in [0.5, 0.6) is 5.75 Å². The number of phenolic OH excluding ortho intramolecular Hbond substituents is 1. The minimum atomic E-state index is 0. The smallest absolute Gasteiger partial charge is 0.191 e. The Morgan fingerprint density at radius 2 is 2.00 bits per heavy atom. The van der Waals surface area contributed by atoms with Gasteiger partial charge in [0.25, 0.3) is 0 Å². The second-order valence-electron chi connectivity index (χ2n) is 4.58. The first-order valence-electron chi connectivity index (χ1n) is 6.88. The molecule has 5 nitrogen and oxygen atoms in total. The lowest BCUT2D eigenvalue weighted by Gasteiger charge is -2.10. The van der Waals surface area contributed by atoms with E-state index in [0.29, 0.717) is 13.1 Å². The number of nitrogens with zero attached hydrogens (tertiary/aromatic N) is 2. The summed E-state index contributed by atoms with van der Waals surface area (Å²) in [6, 6.07) is 7.08. The fourth-order valence-corrected chi connectivity index (χ4v) is 2.48. The highest BCUT2D eigenvalue weighted by Crippen LogP contribution is 2.11. The Labute approximate surface area is 151 Å². The molecule has 7 heteroatoms. The van der Waals surface area contributed by atoms with Crippen LogP contribution < -0.4 is 10.6 Å². The van der Waals surface area contributed by atoms with Crippen molar-refractivity contribution < 1.29 is 5.11 Å². The number of thiazole rings is 1. The van der Waals surface area contributed by atoms with Gasteiger partial charge in [-0.15, -0.1) is 35.3 Å². The standard InChI is InChI=1S/C15H20N4OS.HI/c1-3-16-15(19-10-14-17-8-11(2)21-14)18-9-12-4-6-13(20)7-5-12;/h4-8,20H,3,9-10H2,1-2H3,(H2,16,18,19);1H. The molecule has 0 unspecified atom stereocenters. The SMILES string of the molecule is CCNC(=NCc1ccc(O)cc1)NCc1ncc(C)s1.I. The van der Waals surface area contributed by atoms with Gasteiger partial charge in [0.1, 0.15) is 10.8 Å². The maximum absolute atomic E-state index is 9.26. The molecule has 1 aromatic carbocycles. The molecule has 0 atom stereocenters. The zero-order valence-electron chi connectivity index (χ0n) is 12.7. The van der Waals surface area contributed by atoms with Gasteiger partial charge in [-0.25, -0.2) is 9.98 Å². The van der Waals surface area contributed by atoms with E-state index in [1.54, 1.807) is 23.5 Å². The number of aromatic nitrogens is 1. The van der Waals surface area contributed by atoms with E-state index in [1.165, 1.54) is 4.88 Å². The zero-order valence-corrected chi connectivity index (χ0v) is 15.8. The maximum Gasteiger partial charge on any atom is 0.191 e. The van der Waals surface area contributed by atoms with Crippen LogP contribution in [-0.4, -0.2) is 22.6 Å². The van der Waals surface area contributed by atoms with Gasteiger partial charge in [-0.3, -0.25) is 0 Å². The van der Waals surface area contributed by atoms with E-state index in [2.05, 4.69) is 20.6 Å². The second-order valence-corrected chi connectivity index (χ2v) is 5.90. The van der Waals surface area contributed by atoms with Gasteiger partial charge in [0.2, 0.25) is 0 Å². The summed E-state index contributed by atoms with van der Waals surface area (Å²) in [5, 5.41) is 16.8. The lowest BCUT2D eigenvalue weighted by molar-refractivity contribution is 0.475. The molecule has 0 bridgehead atoms. The first kappa shape index (κ1) is 18.7. The summed E-state index contributed by atoms with van der Waals surface area (Å²) >= 11 is 1.68. The third-order valence-electron chi connectivity index (χ3n) is 2.78. The molecule has 0 aliphatic heterocycles. The van der Waals surface area contributed by atoms with E-state index in [-0.39, 0.29) is 29.7 Å². The minimum Gasteiger partial charge on any atom is -0.508 e. The van der Waals surface area contributed by atoms with E-state index in [4.69, 9.17) is 0 Å². The lowest BCUT2D eigenvalue weighted by Crippen LogP contribution is -2.36. The Morgan fingerprint density at radius 1 is 1.27 bits per heavy atom. The van der Waals surface area contributed by atoms with Crippen molar-refractivity contribution >= 4 is 41.3 Å². The van der Waals surface area contributed by atoms with Gasteiger partial charge in [-0.2, -0.15) is 0 Å². The van der Waals surface area contributed by atoms with Gasteiger partial charge >= 0.3 is 0 Å². The third kappa shape index (κ3) is 6.18. The van der Waals surface area contributed by atoms with Crippen LogP contribution in [0, 0.1) is 6.92 Å². The molecule has 0 radical (unpaired) electrons. The molecule has 1 heterocycles. The number of nitrogens with one attached hydrogen (secondary N) is 2. The van der Waals surface area contributed by atoms with Crippen LogP contribution in [0.15, 0.2) is 35.5 Å². The summed E-state index contributed by atoms with van der Waals surface area (Å²) in [5.41, 5.74) is 1.05. The minimum absolute atomic E-state index is 0. The third-order valence-corrected chi connectivity index (χ3v) is 3.69. The molecule has 0 spiro atoms. The van der Waals surface area contributed by atoms with Crippen LogP contribution in [0.1, 0.15) is 22.4 Å². The van der Waals surface area contributed by atoms with Crippen LogP contribution in [0.3, 0.4) is 0 Å². The van der Waals surface area contributed by atoms with E-state index in [1.807, 2.05) is 32.2 Å². The number of guanidine groups is 1. The van der Waals surface area contributed by atoms with Crippen molar-refractivity contribution in [3.8, 4) is 5.75 Å². The summed E-state index contributed by atoms with van der Waals surface area (Å²) in [5.74, 6) is 1.03. The van der Waals surface area contributed by atoms with Gasteiger partial charge in [0.15, 0.2) is 5.96 Å². The Balaban J connectivity index is 0.00000242. The van der Waals surface area contributed by atoms with Crippen molar-refractivity contribution in [3.05, 3.63) is 45.9 Å². The molecule has 22 heavy (non-hydrogen) atoms. The van der Waals surface area contributed by atoms with Crippen LogP contribution in [0.25, 0.3) is 0 Å². The topological polar surface area (TPSA) is 69.5 Å². The van der Waals surface area contributed by atoms with Crippen LogP contribution in [-0.2, 0) is 13.1 Å². The monoisotopic (exact) mass is 432 g/mol. The van der Waals surface area contributed by atoms with Crippen molar-refractivity contribution in [2.45, 2.75) is 26.9 Å². The van der Waals surface area contributed by atoms with Crippen molar-refractivity contribution in [1.82, 2.24) is 15.6 Å². The molecule has 0 saturated carbocycles. The van der Waals surface area contributed by atoms with Gasteiger partial charge in [-0.1, -0.05) is 12.1 Å². The highest BCUT2D eigenvalue weighted by Gasteiger charge is 2.01. The maximum atomic E-state index is 9.26. The van der Waals surface area contributed by atoms with Gasteiger partial charge in [0, 0.05) is 17.6 Å². The quantitative estimate of drug-likeness (QED) is 0.386. The second kappa shape index (κ2) is 9.62. The molecule has 2 aromatic rings. The highest BCUT2D eigenvalue weighted by molar-refractivity contribution is 14.0. The molecular weight excluding hydrogens is 411 g/mol. The number of phenols is 1. The Kier molecular flexibility index (Phi) is 8.18. The van der Waals surface area contributed by atoms with Crippen LogP contribution in [0.2, 0.25) is 0 Å². The van der Waals surface area contributed by atoms with E-state index in [0.717, 1.165) is 23.1 Å². The highest BCUT2D eigenvalue weighted by atomic mass is 127.